The second kappa shape index (κ2) is 7.04. The van der Waals surface area contributed by atoms with Gasteiger partial charge >= 0.3 is 0 Å². The van der Waals surface area contributed by atoms with E-state index in [0.29, 0.717) is 17.4 Å². The molecule has 1 aromatic carbocycles. The molecule has 1 aliphatic heterocycles. The standard InChI is InChI=1S/C18H23FN4/c1-3-16-12(2)21-17(13-5-4-6-14(19)11-13)23-18(16)22-15-7-9-20-10-8-15/h4-6,11,15,20H,3,7-10H2,1-2H3,(H,21,22,23). The Hall–Kier alpha value is -2.01. The smallest absolute Gasteiger partial charge is 0.161 e. The number of hydrogen-bond acceptors (Lipinski definition) is 4. The quantitative estimate of drug-likeness (QED) is 0.909. The van der Waals surface area contributed by atoms with Crippen LogP contribution >= 0.6 is 0 Å². The van der Waals surface area contributed by atoms with E-state index in [1.807, 2.05) is 13.0 Å². The zero-order valence-electron chi connectivity index (χ0n) is 13.7. The normalized spacial score (nSPS) is 15.6. The lowest BCUT2D eigenvalue weighted by Gasteiger charge is -2.25. The van der Waals surface area contributed by atoms with Gasteiger partial charge in [0.1, 0.15) is 11.6 Å². The first kappa shape index (κ1) is 15.9. The van der Waals surface area contributed by atoms with Gasteiger partial charge in [-0.2, -0.15) is 0 Å². The maximum atomic E-state index is 13.5. The van der Waals surface area contributed by atoms with E-state index in [9.17, 15) is 4.39 Å². The van der Waals surface area contributed by atoms with Gasteiger partial charge in [0, 0.05) is 22.9 Å². The molecule has 2 N–H and O–H groups in total. The molecule has 0 unspecified atom stereocenters. The van der Waals surface area contributed by atoms with Crippen molar-refractivity contribution in [2.75, 3.05) is 18.4 Å². The summed E-state index contributed by atoms with van der Waals surface area (Å²) in [6.07, 6.45) is 3.05. The van der Waals surface area contributed by atoms with E-state index in [-0.39, 0.29) is 5.82 Å². The number of piperidine rings is 1. The Balaban J connectivity index is 1.96. The molecule has 1 saturated heterocycles. The number of halogens is 1. The number of benzene rings is 1. The van der Waals surface area contributed by atoms with Crippen molar-refractivity contribution in [3.05, 3.63) is 41.3 Å². The number of nitrogens with one attached hydrogen (secondary N) is 2. The van der Waals surface area contributed by atoms with E-state index in [1.54, 1.807) is 6.07 Å². The second-order valence-corrected chi connectivity index (χ2v) is 5.99. The predicted octanol–water partition coefficient (Wildman–Crippen LogP) is 3.32. The summed E-state index contributed by atoms with van der Waals surface area (Å²) in [5.41, 5.74) is 2.81. The van der Waals surface area contributed by atoms with E-state index >= 15 is 0 Å². The zero-order chi connectivity index (χ0) is 16.2. The molecule has 0 spiro atoms. The van der Waals surface area contributed by atoms with Crippen LogP contribution in [0.5, 0.6) is 0 Å². The minimum Gasteiger partial charge on any atom is -0.367 e. The van der Waals surface area contributed by atoms with E-state index in [0.717, 1.165) is 49.4 Å². The van der Waals surface area contributed by atoms with Gasteiger partial charge in [-0.05, 0) is 51.4 Å². The molecule has 0 amide bonds. The molecule has 2 heterocycles. The summed E-state index contributed by atoms with van der Waals surface area (Å²) in [7, 11) is 0. The monoisotopic (exact) mass is 314 g/mol. The molecule has 2 aromatic rings. The first-order valence-electron chi connectivity index (χ1n) is 8.28. The van der Waals surface area contributed by atoms with Crippen LogP contribution in [0, 0.1) is 12.7 Å². The van der Waals surface area contributed by atoms with Crippen molar-refractivity contribution in [1.82, 2.24) is 15.3 Å². The van der Waals surface area contributed by atoms with Gasteiger partial charge in [-0.1, -0.05) is 19.1 Å². The molecule has 1 aliphatic rings. The highest BCUT2D eigenvalue weighted by atomic mass is 19.1. The van der Waals surface area contributed by atoms with Crippen molar-refractivity contribution in [2.24, 2.45) is 0 Å². The molecule has 0 bridgehead atoms. The topological polar surface area (TPSA) is 49.8 Å². The van der Waals surface area contributed by atoms with Crippen LogP contribution in [0.15, 0.2) is 24.3 Å². The number of aromatic nitrogens is 2. The highest BCUT2D eigenvalue weighted by Crippen LogP contribution is 2.24. The first-order valence-corrected chi connectivity index (χ1v) is 8.28. The average molecular weight is 314 g/mol. The van der Waals surface area contributed by atoms with Crippen molar-refractivity contribution in [2.45, 2.75) is 39.2 Å². The molecule has 0 saturated carbocycles. The zero-order valence-corrected chi connectivity index (χ0v) is 13.7. The molecule has 1 fully saturated rings. The number of nitrogens with zero attached hydrogens (tertiary/aromatic N) is 2. The number of anilines is 1. The summed E-state index contributed by atoms with van der Waals surface area (Å²) in [4.78, 5) is 9.28. The van der Waals surface area contributed by atoms with Gasteiger partial charge in [0.25, 0.3) is 0 Å². The van der Waals surface area contributed by atoms with Gasteiger partial charge in [0.15, 0.2) is 5.82 Å². The van der Waals surface area contributed by atoms with Crippen LogP contribution in [-0.2, 0) is 6.42 Å². The van der Waals surface area contributed by atoms with Crippen LogP contribution in [0.2, 0.25) is 0 Å². The van der Waals surface area contributed by atoms with Crippen LogP contribution in [0.3, 0.4) is 0 Å². The summed E-state index contributed by atoms with van der Waals surface area (Å²) in [6, 6.07) is 6.88. The van der Waals surface area contributed by atoms with Crippen molar-refractivity contribution in [3.8, 4) is 11.4 Å². The Labute approximate surface area is 136 Å². The van der Waals surface area contributed by atoms with Crippen LogP contribution in [0.4, 0.5) is 10.2 Å². The molecule has 0 atom stereocenters. The molecule has 122 valence electrons. The molecule has 1 aromatic heterocycles. The molecule has 0 aliphatic carbocycles. The van der Waals surface area contributed by atoms with Crippen LogP contribution in [0.25, 0.3) is 11.4 Å². The van der Waals surface area contributed by atoms with E-state index in [2.05, 4.69) is 22.5 Å². The Bertz CT molecular complexity index is 681. The van der Waals surface area contributed by atoms with Gasteiger partial charge < -0.3 is 10.6 Å². The summed E-state index contributed by atoms with van der Waals surface area (Å²) < 4.78 is 13.5. The van der Waals surface area contributed by atoms with Crippen LogP contribution < -0.4 is 10.6 Å². The Morgan fingerprint density at radius 3 is 2.74 bits per heavy atom. The van der Waals surface area contributed by atoms with Gasteiger partial charge in [-0.3, -0.25) is 0 Å². The SMILES string of the molecule is CCc1c(C)nc(-c2cccc(F)c2)nc1NC1CCNCC1. The molecular weight excluding hydrogens is 291 g/mol. The average Bonchev–Trinajstić information content (AvgIpc) is 2.55. The summed E-state index contributed by atoms with van der Waals surface area (Å²) in [5, 5.41) is 6.95. The fraction of sp³-hybridized carbons (Fsp3) is 0.444. The van der Waals surface area contributed by atoms with E-state index in [1.165, 1.54) is 12.1 Å². The van der Waals surface area contributed by atoms with Gasteiger partial charge in [-0.15, -0.1) is 0 Å². The lowest BCUT2D eigenvalue weighted by Crippen LogP contribution is -2.35. The van der Waals surface area contributed by atoms with Crippen LogP contribution in [-0.4, -0.2) is 29.1 Å². The van der Waals surface area contributed by atoms with Crippen LogP contribution in [0.1, 0.15) is 31.0 Å². The van der Waals surface area contributed by atoms with Crippen molar-refractivity contribution >= 4 is 5.82 Å². The Morgan fingerprint density at radius 1 is 1.26 bits per heavy atom. The first-order chi connectivity index (χ1) is 11.2. The molecule has 23 heavy (non-hydrogen) atoms. The number of aryl methyl sites for hydroxylation is 1. The Morgan fingerprint density at radius 2 is 2.04 bits per heavy atom. The van der Waals surface area contributed by atoms with E-state index in [4.69, 9.17) is 4.98 Å². The fourth-order valence-electron chi connectivity index (χ4n) is 3.06. The number of rotatable bonds is 4. The third kappa shape index (κ3) is 3.67. The lowest BCUT2D eigenvalue weighted by molar-refractivity contribution is 0.478. The fourth-order valence-corrected chi connectivity index (χ4v) is 3.06. The molecule has 3 rings (SSSR count). The summed E-state index contributed by atoms with van der Waals surface area (Å²) >= 11 is 0. The predicted molar refractivity (Wildman–Crippen MR) is 91.1 cm³/mol. The molecule has 0 radical (unpaired) electrons. The molecular formula is C18H23FN4. The third-order valence-corrected chi connectivity index (χ3v) is 4.33. The summed E-state index contributed by atoms with van der Waals surface area (Å²) in [5.74, 6) is 1.21. The van der Waals surface area contributed by atoms with E-state index < -0.39 is 0 Å². The third-order valence-electron chi connectivity index (χ3n) is 4.33. The Kier molecular flexibility index (Phi) is 4.86. The van der Waals surface area contributed by atoms with Crippen molar-refractivity contribution in [3.63, 3.8) is 0 Å². The number of hydrogen-bond donors (Lipinski definition) is 2. The van der Waals surface area contributed by atoms with Crippen molar-refractivity contribution in [1.29, 1.82) is 0 Å². The van der Waals surface area contributed by atoms with Crippen molar-refractivity contribution < 1.29 is 4.39 Å². The highest BCUT2D eigenvalue weighted by Gasteiger charge is 2.17. The maximum absolute atomic E-state index is 13.5. The largest absolute Gasteiger partial charge is 0.367 e. The van der Waals surface area contributed by atoms with Gasteiger partial charge in [0.05, 0.1) is 0 Å². The second-order valence-electron chi connectivity index (χ2n) is 5.99. The maximum Gasteiger partial charge on any atom is 0.161 e. The lowest BCUT2D eigenvalue weighted by atomic mass is 10.1. The summed E-state index contributed by atoms with van der Waals surface area (Å²) in [6.45, 7) is 6.16. The molecule has 5 heteroatoms. The minimum atomic E-state index is -0.267. The molecule has 4 nitrogen and oxygen atoms in total. The minimum absolute atomic E-state index is 0.267. The van der Waals surface area contributed by atoms with Gasteiger partial charge in [0.2, 0.25) is 0 Å². The highest BCUT2D eigenvalue weighted by molar-refractivity contribution is 5.60. The van der Waals surface area contributed by atoms with Gasteiger partial charge in [-0.25, -0.2) is 14.4 Å².